The summed E-state index contributed by atoms with van der Waals surface area (Å²) >= 11 is 6.43. The summed E-state index contributed by atoms with van der Waals surface area (Å²) < 4.78 is 5.33. The number of anilines is 1. The van der Waals surface area contributed by atoms with Crippen molar-refractivity contribution >= 4 is 35.2 Å². The molecule has 0 saturated heterocycles. The van der Waals surface area contributed by atoms with Crippen molar-refractivity contribution in [3.8, 4) is 0 Å². The van der Waals surface area contributed by atoms with Crippen LogP contribution in [0.15, 0.2) is 42.5 Å². The molecule has 0 bridgehead atoms. The van der Waals surface area contributed by atoms with Gasteiger partial charge in [-0.05, 0) is 63.8 Å². The van der Waals surface area contributed by atoms with Crippen molar-refractivity contribution < 1.29 is 24.2 Å². The topological polar surface area (TPSA) is 108 Å². The second-order valence-electron chi connectivity index (χ2n) is 11.4. The first kappa shape index (κ1) is 34.1. The van der Waals surface area contributed by atoms with Crippen LogP contribution >= 0.6 is 11.6 Å². The van der Waals surface area contributed by atoms with Crippen molar-refractivity contribution in [2.45, 2.75) is 97.8 Å². The smallest absolute Gasteiger partial charge is 0.408 e. The molecule has 0 aliphatic carbocycles. The van der Waals surface area contributed by atoms with Gasteiger partial charge in [0.25, 0.3) is 5.91 Å². The first-order chi connectivity index (χ1) is 19.4. The van der Waals surface area contributed by atoms with E-state index in [2.05, 4.69) is 17.6 Å². The third-order valence-corrected chi connectivity index (χ3v) is 7.04. The lowest BCUT2D eigenvalue weighted by Crippen LogP contribution is -2.54. The van der Waals surface area contributed by atoms with E-state index in [1.165, 1.54) is 4.90 Å². The molecule has 2 aromatic rings. The minimum atomic E-state index is -1.30. The number of hydrogen-bond acceptors (Lipinski definition) is 5. The molecule has 0 heterocycles. The van der Waals surface area contributed by atoms with E-state index in [1.54, 1.807) is 32.9 Å². The number of halogens is 1. The third-order valence-electron chi connectivity index (χ3n) is 6.72. The first-order valence-electron chi connectivity index (χ1n) is 14.4. The number of nitrogens with one attached hydrogen (secondary N) is 2. The predicted octanol–water partition coefficient (Wildman–Crippen LogP) is 6.71. The predicted molar refractivity (Wildman–Crippen MR) is 164 cm³/mol. The molecule has 0 saturated carbocycles. The van der Waals surface area contributed by atoms with Gasteiger partial charge in [0, 0.05) is 6.54 Å². The Balaban J connectivity index is 2.50. The van der Waals surface area contributed by atoms with Crippen LogP contribution in [0.1, 0.15) is 89.0 Å². The SMILES string of the molecule is CCCCCCCCN(C(=O)C(CO)NC(=O)OC(C)(C)C)C(C(=O)Nc1c(C)cccc1Cl)c1ccccc1C. The number of carbonyl (C=O) groups is 3. The zero-order chi connectivity index (χ0) is 30.6. The average molecular weight is 588 g/mol. The van der Waals surface area contributed by atoms with Crippen LogP contribution in [0, 0.1) is 13.8 Å². The number of aliphatic hydroxyl groups is 1. The molecule has 0 radical (unpaired) electrons. The van der Waals surface area contributed by atoms with Crippen LogP contribution in [0.25, 0.3) is 0 Å². The van der Waals surface area contributed by atoms with E-state index in [-0.39, 0.29) is 6.54 Å². The van der Waals surface area contributed by atoms with Gasteiger partial charge in [-0.3, -0.25) is 9.59 Å². The first-order valence-corrected chi connectivity index (χ1v) is 14.8. The molecular formula is C32H46ClN3O5. The molecule has 8 nitrogen and oxygen atoms in total. The molecule has 3 amide bonds. The zero-order valence-electron chi connectivity index (χ0n) is 25.3. The number of amides is 3. The molecule has 0 aliphatic heterocycles. The van der Waals surface area contributed by atoms with Crippen molar-refractivity contribution in [2.24, 2.45) is 0 Å². The summed E-state index contributed by atoms with van der Waals surface area (Å²) in [5.41, 5.74) is 1.92. The number of carbonyl (C=O) groups excluding carboxylic acids is 3. The molecule has 2 unspecified atom stereocenters. The second kappa shape index (κ2) is 16.4. The van der Waals surface area contributed by atoms with Crippen molar-refractivity contribution in [3.63, 3.8) is 0 Å². The largest absolute Gasteiger partial charge is 0.444 e. The maximum atomic E-state index is 14.1. The zero-order valence-corrected chi connectivity index (χ0v) is 26.0. The molecule has 0 aliphatic rings. The van der Waals surface area contributed by atoms with Gasteiger partial charge in [0.2, 0.25) is 5.91 Å². The van der Waals surface area contributed by atoms with E-state index in [9.17, 15) is 19.5 Å². The van der Waals surface area contributed by atoms with Crippen LogP contribution in [0.2, 0.25) is 5.02 Å². The van der Waals surface area contributed by atoms with E-state index in [0.29, 0.717) is 22.7 Å². The standard InChI is InChI=1S/C32H46ClN3O5/c1-7-8-9-10-11-14-20-36(30(39)26(21-37)34-31(40)41-32(4,5)6)28(24-18-13-12-16-22(24)2)29(38)35-27-23(3)17-15-19-25(27)33/h12-13,15-19,26,28,37H,7-11,14,20-21H2,1-6H3,(H,34,40)(H,35,38). The summed E-state index contributed by atoms with van der Waals surface area (Å²) in [4.78, 5) is 42.1. The van der Waals surface area contributed by atoms with Gasteiger partial charge in [-0.15, -0.1) is 0 Å². The van der Waals surface area contributed by atoms with Crippen molar-refractivity contribution in [2.75, 3.05) is 18.5 Å². The Morgan fingerprint density at radius 3 is 2.20 bits per heavy atom. The molecule has 0 spiro atoms. The molecule has 2 atom stereocenters. The van der Waals surface area contributed by atoms with Gasteiger partial charge in [-0.2, -0.15) is 0 Å². The van der Waals surface area contributed by atoms with Gasteiger partial charge in [-0.25, -0.2) is 4.79 Å². The van der Waals surface area contributed by atoms with Crippen LogP contribution in [0.3, 0.4) is 0 Å². The fourth-order valence-electron chi connectivity index (χ4n) is 4.59. The van der Waals surface area contributed by atoms with Crippen molar-refractivity contribution in [1.29, 1.82) is 0 Å². The Hall–Kier alpha value is -3.10. The number of hydrogen-bond donors (Lipinski definition) is 3. The summed E-state index contributed by atoms with van der Waals surface area (Å²) in [6, 6.07) is 10.4. The average Bonchev–Trinajstić information content (AvgIpc) is 2.90. The van der Waals surface area contributed by atoms with Crippen molar-refractivity contribution in [3.05, 3.63) is 64.2 Å². The van der Waals surface area contributed by atoms with E-state index in [4.69, 9.17) is 16.3 Å². The lowest BCUT2D eigenvalue weighted by atomic mass is 9.97. The van der Waals surface area contributed by atoms with Gasteiger partial charge < -0.3 is 25.4 Å². The number of para-hydroxylation sites is 1. The lowest BCUT2D eigenvalue weighted by Gasteiger charge is -2.35. The molecule has 226 valence electrons. The number of ether oxygens (including phenoxy) is 1. The summed E-state index contributed by atoms with van der Waals surface area (Å²) in [6.07, 6.45) is 5.07. The number of unbranched alkanes of at least 4 members (excludes halogenated alkanes) is 5. The molecule has 9 heteroatoms. The molecule has 0 aromatic heterocycles. The van der Waals surface area contributed by atoms with Gasteiger partial charge in [0.05, 0.1) is 17.3 Å². The maximum Gasteiger partial charge on any atom is 0.408 e. The quantitative estimate of drug-likeness (QED) is 0.213. The van der Waals surface area contributed by atoms with Crippen LogP contribution in [0.4, 0.5) is 10.5 Å². The number of nitrogens with zero attached hydrogens (tertiary/aromatic N) is 1. The highest BCUT2D eigenvalue weighted by Gasteiger charge is 2.37. The number of aryl methyl sites for hydroxylation is 2. The highest BCUT2D eigenvalue weighted by atomic mass is 35.5. The van der Waals surface area contributed by atoms with E-state index in [1.807, 2.05) is 44.2 Å². The Bertz CT molecular complexity index is 1140. The molecule has 3 N–H and O–H groups in total. The van der Waals surface area contributed by atoms with E-state index < -0.39 is 42.2 Å². The lowest BCUT2D eigenvalue weighted by molar-refractivity contribution is -0.141. The van der Waals surface area contributed by atoms with Crippen LogP contribution < -0.4 is 10.6 Å². The Morgan fingerprint density at radius 2 is 1.59 bits per heavy atom. The monoisotopic (exact) mass is 587 g/mol. The third kappa shape index (κ3) is 10.7. The Morgan fingerprint density at radius 1 is 0.951 bits per heavy atom. The molecule has 2 aromatic carbocycles. The molecule has 0 fully saturated rings. The van der Waals surface area contributed by atoms with Crippen LogP contribution in [-0.2, 0) is 14.3 Å². The number of benzene rings is 2. The van der Waals surface area contributed by atoms with Crippen molar-refractivity contribution in [1.82, 2.24) is 10.2 Å². The summed E-state index contributed by atoms with van der Waals surface area (Å²) in [7, 11) is 0. The Labute approximate surface area is 249 Å². The maximum absolute atomic E-state index is 14.1. The van der Waals surface area contributed by atoms with Gasteiger partial charge >= 0.3 is 6.09 Å². The van der Waals surface area contributed by atoms with E-state index >= 15 is 0 Å². The van der Waals surface area contributed by atoms with Gasteiger partial charge in [0.1, 0.15) is 17.7 Å². The highest BCUT2D eigenvalue weighted by molar-refractivity contribution is 6.34. The van der Waals surface area contributed by atoms with Gasteiger partial charge in [-0.1, -0.05) is 87.0 Å². The van der Waals surface area contributed by atoms with Crippen LogP contribution in [0.5, 0.6) is 0 Å². The fraction of sp³-hybridized carbons (Fsp3) is 0.531. The normalized spacial score (nSPS) is 12.8. The van der Waals surface area contributed by atoms with E-state index in [0.717, 1.165) is 43.2 Å². The number of alkyl carbamates (subject to hydrolysis) is 1. The van der Waals surface area contributed by atoms with Crippen LogP contribution in [-0.4, -0.2) is 52.7 Å². The minimum Gasteiger partial charge on any atom is -0.444 e. The fourth-order valence-corrected chi connectivity index (χ4v) is 4.86. The molecular weight excluding hydrogens is 542 g/mol. The Kier molecular flexibility index (Phi) is 13.6. The second-order valence-corrected chi connectivity index (χ2v) is 11.8. The molecule has 2 rings (SSSR count). The summed E-state index contributed by atoms with van der Waals surface area (Å²) in [5.74, 6) is -1.02. The summed E-state index contributed by atoms with van der Waals surface area (Å²) in [5, 5.41) is 16.0. The number of aliphatic hydroxyl groups excluding tert-OH is 1. The van der Waals surface area contributed by atoms with Gasteiger partial charge in [0.15, 0.2) is 0 Å². The summed E-state index contributed by atoms with van der Waals surface area (Å²) in [6.45, 7) is 10.6. The number of rotatable bonds is 14. The minimum absolute atomic E-state index is 0.255. The highest BCUT2D eigenvalue weighted by Crippen LogP contribution is 2.31. The molecule has 41 heavy (non-hydrogen) atoms.